The Bertz CT molecular complexity index is 104. The molecule has 0 radical (unpaired) electrons. The first-order chi connectivity index (χ1) is 2.91. The van der Waals surface area contributed by atoms with Gasteiger partial charge < -0.3 is 24.7 Å². The van der Waals surface area contributed by atoms with Crippen molar-refractivity contribution in [2.24, 2.45) is 0 Å². The van der Waals surface area contributed by atoms with Gasteiger partial charge in [0.2, 0.25) is 0 Å². The van der Waals surface area contributed by atoms with Crippen LogP contribution < -0.4 is 0 Å². The molecule has 0 fully saturated rings. The van der Waals surface area contributed by atoms with E-state index >= 15 is 0 Å². The van der Waals surface area contributed by atoms with Crippen molar-refractivity contribution < 1.29 is 0 Å². The van der Waals surface area contributed by atoms with Gasteiger partial charge in [0.1, 0.15) is 0 Å². The fourth-order valence-electron chi connectivity index (χ4n) is 0.0833. The summed E-state index contributed by atoms with van der Waals surface area (Å²) in [6.45, 7) is 0. The maximum Gasteiger partial charge on any atom is 2.00 e. The van der Waals surface area contributed by atoms with Crippen LogP contribution in [0.25, 0.3) is 0 Å². The smallest absolute Gasteiger partial charge is 0.368 e. The zero-order valence-corrected chi connectivity index (χ0v) is 5.28. The molecule has 0 bridgehead atoms. The predicted octanol–water partition coefficient (Wildman–Crippen LogP) is 0.341. The van der Waals surface area contributed by atoms with E-state index in [-0.39, 0.29) is 23.1 Å². The van der Waals surface area contributed by atoms with E-state index in [0.717, 1.165) is 0 Å². The molecule has 0 N–H and O–H groups in total. The van der Waals surface area contributed by atoms with Crippen LogP contribution in [0.2, 0.25) is 0 Å². The third kappa shape index (κ3) is 10.7. The molecular weight excluding hydrogens is 96.4 g/mol. The Morgan fingerprint density at radius 2 is 1.29 bits per heavy atom. The summed E-state index contributed by atoms with van der Waals surface area (Å²) < 4.78 is 0. The average Bonchev–Trinajstić information content (AvgIpc) is 1.61. The first kappa shape index (κ1) is 9.80. The molecule has 0 atom stereocenters. The van der Waals surface area contributed by atoms with Gasteiger partial charge in [0.05, 0.1) is 0 Å². The van der Waals surface area contributed by atoms with Crippen LogP contribution in [-0.2, 0) is 0 Å². The van der Waals surface area contributed by atoms with Crippen molar-refractivity contribution in [1.29, 1.82) is 0 Å². The SMILES string of the molecule is [C-]#CC=CC#[C-].[Mg+2]. The van der Waals surface area contributed by atoms with Crippen LogP contribution in [-0.4, -0.2) is 23.1 Å². The van der Waals surface area contributed by atoms with E-state index in [1.165, 1.54) is 12.2 Å². The third-order valence-electron chi connectivity index (χ3n) is 0.250. The summed E-state index contributed by atoms with van der Waals surface area (Å²) in [5.41, 5.74) is 0. The van der Waals surface area contributed by atoms with Crippen LogP contribution in [0.15, 0.2) is 12.2 Å². The second-order valence-electron chi connectivity index (χ2n) is 0.622. The van der Waals surface area contributed by atoms with Gasteiger partial charge in [-0.3, -0.25) is 0 Å². The van der Waals surface area contributed by atoms with Crippen molar-refractivity contribution in [3.63, 3.8) is 0 Å². The Kier molecular flexibility index (Phi) is 12.8. The minimum atomic E-state index is 0. The van der Waals surface area contributed by atoms with Gasteiger partial charge in [-0.1, -0.05) is 0 Å². The molecule has 0 heterocycles. The molecule has 0 saturated heterocycles. The van der Waals surface area contributed by atoms with Gasteiger partial charge in [0.25, 0.3) is 0 Å². The van der Waals surface area contributed by atoms with Crippen LogP contribution in [0.1, 0.15) is 0 Å². The van der Waals surface area contributed by atoms with Gasteiger partial charge in [-0.2, -0.15) is 0 Å². The Morgan fingerprint density at radius 3 is 1.43 bits per heavy atom. The quantitative estimate of drug-likeness (QED) is 0.233. The number of hydrogen-bond acceptors (Lipinski definition) is 0. The first-order valence-electron chi connectivity index (χ1n) is 1.41. The van der Waals surface area contributed by atoms with E-state index < -0.39 is 0 Å². The summed E-state index contributed by atoms with van der Waals surface area (Å²) >= 11 is 0. The molecule has 0 aromatic heterocycles. The Labute approximate surface area is 60.1 Å². The van der Waals surface area contributed by atoms with Gasteiger partial charge in [0, 0.05) is 0 Å². The molecule has 0 aliphatic carbocycles. The number of rotatable bonds is 0. The monoisotopic (exact) mass is 98.0 g/mol. The molecule has 7 heavy (non-hydrogen) atoms. The first-order valence-corrected chi connectivity index (χ1v) is 1.41. The van der Waals surface area contributed by atoms with E-state index in [2.05, 4.69) is 0 Å². The standard InChI is InChI=1S/C6H2.Mg/c1-3-5-6-4-2;/h5-6H;/q-2;+2. The van der Waals surface area contributed by atoms with Crippen molar-refractivity contribution in [3.8, 4) is 11.8 Å². The van der Waals surface area contributed by atoms with Crippen LogP contribution in [0.3, 0.4) is 0 Å². The second-order valence-corrected chi connectivity index (χ2v) is 0.622. The van der Waals surface area contributed by atoms with Gasteiger partial charge in [-0.05, 0) is 0 Å². The molecule has 0 rings (SSSR count). The topological polar surface area (TPSA) is 0 Å². The van der Waals surface area contributed by atoms with E-state index in [1.54, 1.807) is 0 Å². The molecule has 0 spiro atoms. The molecule has 0 saturated carbocycles. The second kappa shape index (κ2) is 9.16. The van der Waals surface area contributed by atoms with E-state index in [0.29, 0.717) is 0 Å². The van der Waals surface area contributed by atoms with Crippen LogP contribution in [0, 0.1) is 24.7 Å². The minimum absolute atomic E-state index is 0. The molecule has 1 heteroatoms. The summed E-state index contributed by atoms with van der Waals surface area (Å²) in [5.74, 6) is 3.91. The molecular formula is C6H2Mg. The molecule has 0 nitrogen and oxygen atoms in total. The molecule has 0 amide bonds. The van der Waals surface area contributed by atoms with E-state index in [4.69, 9.17) is 12.8 Å². The Balaban J connectivity index is 0. The van der Waals surface area contributed by atoms with Crippen LogP contribution >= 0.6 is 0 Å². The summed E-state index contributed by atoms with van der Waals surface area (Å²) in [6, 6.07) is 0. The van der Waals surface area contributed by atoms with Gasteiger partial charge >= 0.3 is 23.1 Å². The molecule has 0 aliphatic heterocycles. The Hall–Kier alpha value is -0.374. The molecule has 0 aliphatic rings. The zero-order chi connectivity index (χ0) is 4.83. The fraction of sp³-hybridized carbons (Fsp3) is 0. The predicted molar refractivity (Wildman–Crippen MR) is 29.2 cm³/mol. The maximum absolute atomic E-state index is 6.25. The van der Waals surface area contributed by atoms with E-state index in [1.807, 2.05) is 11.8 Å². The van der Waals surface area contributed by atoms with E-state index in [9.17, 15) is 0 Å². The van der Waals surface area contributed by atoms with Gasteiger partial charge in [-0.25, -0.2) is 12.2 Å². The van der Waals surface area contributed by atoms with Crippen molar-refractivity contribution >= 4 is 23.1 Å². The van der Waals surface area contributed by atoms with Gasteiger partial charge in [-0.15, -0.1) is 0 Å². The molecule has 0 unspecified atom stereocenters. The van der Waals surface area contributed by atoms with Crippen LogP contribution in [0.5, 0.6) is 0 Å². The normalized spacial score (nSPS) is 6.00. The van der Waals surface area contributed by atoms with Crippen LogP contribution in [0.4, 0.5) is 0 Å². The zero-order valence-electron chi connectivity index (χ0n) is 3.86. The summed E-state index contributed by atoms with van der Waals surface area (Å²) in [7, 11) is 0. The third-order valence-corrected chi connectivity index (χ3v) is 0.250. The fourth-order valence-corrected chi connectivity index (χ4v) is 0.0833. The Morgan fingerprint density at radius 1 is 1.00 bits per heavy atom. The molecule has 0 aromatic rings. The van der Waals surface area contributed by atoms with Crippen molar-refractivity contribution in [1.82, 2.24) is 0 Å². The molecule has 28 valence electrons. The number of hydrogen-bond donors (Lipinski definition) is 0. The summed E-state index contributed by atoms with van der Waals surface area (Å²) in [5, 5.41) is 0. The maximum atomic E-state index is 6.25. The van der Waals surface area contributed by atoms with Crippen molar-refractivity contribution in [3.05, 3.63) is 25.0 Å². The summed E-state index contributed by atoms with van der Waals surface area (Å²) in [4.78, 5) is 0. The summed E-state index contributed by atoms with van der Waals surface area (Å²) in [6.07, 6.45) is 15.1. The average molecular weight is 98.4 g/mol. The minimum Gasteiger partial charge on any atom is -0.368 e. The molecule has 0 aromatic carbocycles. The van der Waals surface area contributed by atoms with Crippen molar-refractivity contribution in [2.45, 2.75) is 0 Å². The number of allylic oxidation sites excluding steroid dienone is 2. The largest absolute Gasteiger partial charge is 2.00 e. The van der Waals surface area contributed by atoms with Gasteiger partial charge in [0.15, 0.2) is 0 Å². The van der Waals surface area contributed by atoms with Crippen molar-refractivity contribution in [2.75, 3.05) is 0 Å².